The van der Waals surface area contributed by atoms with Gasteiger partial charge >= 0.3 is 0 Å². The van der Waals surface area contributed by atoms with Crippen LogP contribution in [0.15, 0.2) is 66.9 Å². The predicted octanol–water partition coefficient (Wildman–Crippen LogP) is 6.20. The smallest absolute Gasteiger partial charge is 0.164 e. The molecule has 170 valence electrons. The van der Waals surface area contributed by atoms with E-state index in [0.717, 1.165) is 18.4 Å². The third kappa shape index (κ3) is 3.24. The number of hydrogen-bond donors (Lipinski definition) is 1. The molecule has 2 aromatic carbocycles. The van der Waals surface area contributed by atoms with Gasteiger partial charge in [0.15, 0.2) is 6.23 Å². The van der Waals surface area contributed by atoms with Crippen LogP contribution in [0.2, 0.25) is 0 Å². The van der Waals surface area contributed by atoms with Crippen LogP contribution < -0.4 is 0 Å². The lowest BCUT2D eigenvalue weighted by atomic mass is 9.65. The summed E-state index contributed by atoms with van der Waals surface area (Å²) in [5.74, 6) is 1.08. The second-order valence-electron chi connectivity index (χ2n) is 10.7. The molecule has 1 saturated carbocycles. The van der Waals surface area contributed by atoms with Crippen LogP contribution in [-0.2, 0) is 10.3 Å². The number of hydrogen-bond acceptors (Lipinski definition) is 3. The molecule has 32 heavy (non-hydrogen) atoms. The van der Waals surface area contributed by atoms with Crippen LogP contribution in [0.25, 0.3) is 5.57 Å². The van der Waals surface area contributed by atoms with E-state index in [4.69, 9.17) is 4.74 Å². The fraction of sp³-hybridized carbons (Fsp3) is 0.517. The highest BCUT2D eigenvalue weighted by atomic mass is 16.5. The number of fused-ring (bicyclic) bond motifs is 2. The fourth-order valence-corrected chi connectivity index (χ4v) is 6.70. The number of aliphatic hydroxyl groups is 1. The number of rotatable bonds is 3. The van der Waals surface area contributed by atoms with Gasteiger partial charge in [-0.3, -0.25) is 0 Å². The highest BCUT2D eigenvalue weighted by molar-refractivity contribution is 5.70. The zero-order chi connectivity index (χ0) is 22.5. The van der Waals surface area contributed by atoms with Crippen molar-refractivity contribution in [3.8, 4) is 0 Å². The molecule has 3 nitrogen and oxygen atoms in total. The van der Waals surface area contributed by atoms with Gasteiger partial charge in [0.2, 0.25) is 0 Å². The second-order valence-corrected chi connectivity index (χ2v) is 10.7. The minimum absolute atomic E-state index is 0.0538. The van der Waals surface area contributed by atoms with Gasteiger partial charge in [-0.2, -0.15) is 0 Å². The Morgan fingerprint density at radius 2 is 1.66 bits per heavy atom. The van der Waals surface area contributed by atoms with E-state index in [2.05, 4.69) is 81.3 Å². The Kier molecular flexibility index (Phi) is 5.46. The lowest BCUT2D eigenvalue weighted by Gasteiger charge is -2.63. The Balaban J connectivity index is 1.71. The summed E-state index contributed by atoms with van der Waals surface area (Å²) in [5, 5.41) is 12.7. The van der Waals surface area contributed by atoms with Crippen molar-refractivity contribution in [1.82, 2.24) is 4.90 Å². The first kappa shape index (κ1) is 21.7. The van der Waals surface area contributed by atoms with E-state index in [9.17, 15) is 5.11 Å². The van der Waals surface area contributed by atoms with E-state index in [-0.39, 0.29) is 17.6 Å². The minimum Gasteiger partial charge on any atom is -0.380 e. The third-order valence-corrected chi connectivity index (χ3v) is 8.50. The standard InChI is InChI=1S/C29H37NO2/c1-5-24-23(21-12-8-6-9-13-21)19-30-27(29(24,31)22-14-10-7-11-15-22)32-26-18-20(2)16-17-25(26)28(30,3)4/h6-15,19-20,24-27,31H,5,16-18H2,1-4H3/t20-,24+,25-,26-,27+,29+/m1/s1. The molecule has 0 amide bonds. The maximum absolute atomic E-state index is 12.7. The first-order valence-corrected chi connectivity index (χ1v) is 12.4. The Morgan fingerprint density at radius 1 is 1.00 bits per heavy atom. The van der Waals surface area contributed by atoms with E-state index in [0.29, 0.717) is 11.8 Å². The highest BCUT2D eigenvalue weighted by Gasteiger charge is 2.60. The number of benzene rings is 2. The summed E-state index contributed by atoms with van der Waals surface area (Å²) in [5.41, 5.74) is 2.10. The van der Waals surface area contributed by atoms with Gasteiger partial charge in [0, 0.05) is 23.6 Å². The maximum Gasteiger partial charge on any atom is 0.164 e. The molecule has 0 radical (unpaired) electrons. The minimum atomic E-state index is -1.13. The second kappa shape index (κ2) is 8.04. The normalized spacial score (nSPS) is 36.1. The van der Waals surface area contributed by atoms with Crippen LogP contribution in [0.4, 0.5) is 0 Å². The summed E-state index contributed by atoms with van der Waals surface area (Å²) in [6.07, 6.45) is 6.46. The summed E-state index contributed by atoms with van der Waals surface area (Å²) in [6.45, 7) is 9.23. The molecule has 2 aliphatic heterocycles. The first-order chi connectivity index (χ1) is 15.4. The van der Waals surface area contributed by atoms with E-state index in [1.165, 1.54) is 24.0 Å². The van der Waals surface area contributed by atoms with Gasteiger partial charge in [-0.15, -0.1) is 0 Å². The van der Waals surface area contributed by atoms with Crippen LogP contribution in [0.3, 0.4) is 0 Å². The van der Waals surface area contributed by atoms with E-state index < -0.39 is 11.8 Å². The molecule has 1 saturated heterocycles. The van der Waals surface area contributed by atoms with Crippen molar-refractivity contribution in [2.45, 2.75) is 76.9 Å². The molecule has 6 atom stereocenters. The molecule has 3 aliphatic rings. The molecule has 0 aromatic heterocycles. The Labute approximate surface area is 193 Å². The van der Waals surface area contributed by atoms with E-state index >= 15 is 0 Å². The van der Waals surface area contributed by atoms with Gasteiger partial charge in [-0.25, -0.2) is 0 Å². The highest BCUT2D eigenvalue weighted by Crippen LogP contribution is 2.55. The van der Waals surface area contributed by atoms with Crippen molar-refractivity contribution in [2.24, 2.45) is 17.8 Å². The summed E-state index contributed by atoms with van der Waals surface area (Å²) >= 11 is 0. The number of nitrogens with zero attached hydrogens (tertiary/aromatic N) is 1. The summed E-state index contributed by atoms with van der Waals surface area (Å²) < 4.78 is 6.92. The van der Waals surface area contributed by atoms with Crippen molar-refractivity contribution in [3.05, 3.63) is 78.0 Å². The van der Waals surface area contributed by atoms with Gasteiger partial charge in [0.05, 0.1) is 6.10 Å². The lowest BCUT2D eigenvalue weighted by molar-refractivity contribution is -0.289. The van der Waals surface area contributed by atoms with Crippen molar-refractivity contribution in [3.63, 3.8) is 0 Å². The summed E-state index contributed by atoms with van der Waals surface area (Å²) in [4.78, 5) is 2.37. The zero-order valence-corrected chi connectivity index (χ0v) is 19.9. The molecule has 2 heterocycles. The average molecular weight is 432 g/mol. The summed E-state index contributed by atoms with van der Waals surface area (Å²) in [6, 6.07) is 20.8. The monoisotopic (exact) mass is 431 g/mol. The van der Waals surface area contributed by atoms with Crippen LogP contribution in [0, 0.1) is 17.8 Å². The van der Waals surface area contributed by atoms with Crippen LogP contribution in [0.5, 0.6) is 0 Å². The molecule has 0 bridgehead atoms. The van der Waals surface area contributed by atoms with E-state index in [1.807, 2.05) is 18.2 Å². The predicted molar refractivity (Wildman–Crippen MR) is 130 cm³/mol. The van der Waals surface area contributed by atoms with Crippen LogP contribution in [0.1, 0.15) is 64.5 Å². The maximum atomic E-state index is 12.7. The molecule has 2 aromatic rings. The Hall–Kier alpha value is -2.10. The topological polar surface area (TPSA) is 32.7 Å². The lowest BCUT2D eigenvalue weighted by Crippen LogP contribution is -2.70. The van der Waals surface area contributed by atoms with Gasteiger partial charge in [-0.1, -0.05) is 80.9 Å². The van der Waals surface area contributed by atoms with Gasteiger partial charge in [0.25, 0.3) is 0 Å². The van der Waals surface area contributed by atoms with Crippen LogP contribution >= 0.6 is 0 Å². The molecular weight excluding hydrogens is 394 g/mol. The van der Waals surface area contributed by atoms with Gasteiger partial charge in [-0.05, 0) is 55.7 Å². The van der Waals surface area contributed by atoms with Crippen LogP contribution in [-0.4, -0.2) is 27.9 Å². The van der Waals surface area contributed by atoms with Gasteiger partial charge < -0.3 is 14.7 Å². The van der Waals surface area contributed by atoms with Crippen molar-refractivity contribution >= 4 is 5.57 Å². The molecule has 3 heteroatoms. The molecule has 2 fully saturated rings. The average Bonchev–Trinajstić information content (AvgIpc) is 2.80. The Morgan fingerprint density at radius 3 is 2.31 bits per heavy atom. The van der Waals surface area contributed by atoms with Gasteiger partial charge in [0.1, 0.15) is 5.60 Å². The molecular formula is C29H37NO2. The summed E-state index contributed by atoms with van der Waals surface area (Å²) in [7, 11) is 0. The SMILES string of the molecule is CC[C@H]1C(c2ccccc2)=CN2[C@@H](O[C@@H]3C[C@H](C)CC[C@H]3C2(C)C)[C@]1(O)c1ccccc1. The molecule has 1 N–H and O–H groups in total. The number of ether oxygens (including phenoxy) is 1. The molecule has 1 aliphatic carbocycles. The first-order valence-electron chi connectivity index (χ1n) is 12.4. The molecule has 0 unspecified atom stereocenters. The molecule has 5 rings (SSSR count). The third-order valence-electron chi connectivity index (χ3n) is 8.50. The largest absolute Gasteiger partial charge is 0.380 e. The van der Waals surface area contributed by atoms with Crippen molar-refractivity contribution in [2.75, 3.05) is 0 Å². The molecule has 0 spiro atoms. The zero-order valence-electron chi connectivity index (χ0n) is 19.9. The quantitative estimate of drug-likeness (QED) is 0.628. The van der Waals surface area contributed by atoms with Crippen molar-refractivity contribution in [1.29, 1.82) is 0 Å². The Bertz CT molecular complexity index is 969. The fourth-order valence-electron chi connectivity index (χ4n) is 6.70. The van der Waals surface area contributed by atoms with Crippen molar-refractivity contribution < 1.29 is 9.84 Å². The van der Waals surface area contributed by atoms with E-state index in [1.54, 1.807) is 0 Å².